The third-order valence-electron chi connectivity index (χ3n) is 2.28. The Balaban J connectivity index is 2.38. The molecule has 3 nitrogen and oxygen atoms in total. The van der Waals surface area contributed by atoms with E-state index >= 15 is 0 Å². The van der Waals surface area contributed by atoms with Gasteiger partial charge in [-0.05, 0) is 24.6 Å². The molecule has 0 spiro atoms. The Bertz CT molecular complexity index is 467. The van der Waals surface area contributed by atoms with Crippen LogP contribution in [0.25, 0.3) is 11.1 Å². The summed E-state index contributed by atoms with van der Waals surface area (Å²) in [6.45, 7) is 2.08. The van der Waals surface area contributed by atoms with Crippen molar-refractivity contribution in [2.75, 3.05) is 0 Å². The Morgan fingerprint density at radius 1 is 1.53 bits per heavy atom. The molecule has 80 valence electrons. The lowest BCUT2D eigenvalue weighted by Gasteiger charge is -2.03. The van der Waals surface area contributed by atoms with E-state index in [1.807, 2.05) is 6.07 Å². The number of nitrogens with two attached hydrogens (primary N) is 1. The van der Waals surface area contributed by atoms with Crippen LogP contribution in [0.4, 0.5) is 0 Å². The summed E-state index contributed by atoms with van der Waals surface area (Å²) in [7, 11) is 0. The second-order valence-corrected chi connectivity index (χ2v) is 4.00. The Labute approximate surface area is 93.2 Å². The van der Waals surface area contributed by atoms with Crippen LogP contribution in [0.3, 0.4) is 0 Å². The molecule has 1 aromatic heterocycles. The molecule has 2 rings (SSSR count). The Kier molecular flexibility index (Phi) is 2.93. The highest BCUT2D eigenvalue weighted by molar-refractivity contribution is 6.31. The van der Waals surface area contributed by atoms with Crippen molar-refractivity contribution < 1.29 is 4.42 Å². The predicted octanol–water partition coefficient (Wildman–Crippen LogP) is 3.28. The van der Waals surface area contributed by atoms with Gasteiger partial charge in [-0.25, -0.2) is 4.98 Å². The zero-order valence-electron chi connectivity index (χ0n) is 8.53. The van der Waals surface area contributed by atoms with Gasteiger partial charge < -0.3 is 10.2 Å². The van der Waals surface area contributed by atoms with Gasteiger partial charge >= 0.3 is 0 Å². The first-order valence-electron chi connectivity index (χ1n) is 5.02. The summed E-state index contributed by atoms with van der Waals surface area (Å²) in [5, 5.41) is 0.659. The van der Waals surface area contributed by atoms with Crippen molar-refractivity contribution in [1.82, 2.24) is 4.98 Å². The minimum Gasteiger partial charge on any atom is -0.439 e. The van der Waals surface area contributed by atoms with E-state index in [0.29, 0.717) is 10.9 Å². The maximum absolute atomic E-state index is 5.92. The van der Waals surface area contributed by atoms with Crippen molar-refractivity contribution in [3.63, 3.8) is 0 Å². The van der Waals surface area contributed by atoms with Crippen LogP contribution in [-0.2, 0) is 0 Å². The molecule has 0 aliphatic rings. The molecular formula is C11H13ClN2O. The predicted molar refractivity (Wildman–Crippen MR) is 60.9 cm³/mol. The number of rotatable bonds is 3. The average molecular weight is 225 g/mol. The minimum atomic E-state index is -0.124. The van der Waals surface area contributed by atoms with Gasteiger partial charge in [0.05, 0.1) is 6.04 Å². The van der Waals surface area contributed by atoms with Gasteiger partial charge in [0.25, 0.3) is 0 Å². The van der Waals surface area contributed by atoms with Crippen molar-refractivity contribution >= 4 is 22.7 Å². The smallest absolute Gasteiger partial charge is 0.212 e. The van der Waals surface area contributed by atoms with Crippen LogP contribution in [0, 0.1) is 0 Å². The van der Waals surface area contributed by atoms with E-state index in [2.05, 4.69) is 11.9 Å². The van der Waals surface area contributed by atoms with Gasteiger partial charge in [-0.2, -0.15) is 0 Å². The highest BCUT2D eigenvalue weighted by Crippen LogP contribution is 2.23. The Morgan fingerprint density at radius 2 is 2.33 bits per heavy atom. The van der Waals surface area contributed by atoms with Gasteiger partial charge in [-0.3, -0.25) is 0 Å². The number of hydrogen-bond donors (Lipinski definition) is 1. The molecular weight excluding hydrogens is 212 g/mol. The molecule has 1 atom stereocenters. The number of fused-ring (bicyclic) bond motifs is 1. The quantitative estimate of drug-likeness (QED) is 0.871. The first kappa shape index (κ1) is 10.5. The lowest BCUT2D eigenvalue weighted by Crippen LogP contribution is -2.09. The number of benzene rings is 1. The summed E-state index contributed by atoms with van der Waals surface area (Å²) < 4.78 is 5.54. The number of nitrogens with zero attached hydrogens (tertiary/aromatic N) is 1. The van der Waals surface area contributed by atoms with Crippen LogP contribution >= 0.6 is 11.6 Å². The van der Waals surface area contributed by atoms with Gasteiger partial charge in [0.15, 0.2) is 5.58 Å². The molecule has 0 aliphatic carbocycles. The van der Waals surface area contributed by atoms with Crippen LogP contribution in [0.15, 0.2) is 22.6 Å². The van der Waals surface area contributed by atoms with Gasteiger partial charge in [0, 0.05) is 5.02 Å². The van der Waals surface area contributed by atoms with Crippen molar-refractivity contribution in [2.24, 2.45) is 5.73 Å². The van der Waals surface area contributed by atoms with Crippen LogP contribution in [0.1, 0.15) is 31.7 Å². The summed E-state index contributed by atoms with van der Waals surface area (Å²) in [4.78, 5) is 4.32. The van der Waals surface area contributed by atoms with E-state index in [9.17, 15) is 0 Å². The summed E-state index contributed by atoms with van der Waals surface area (Å²) in [5.41, 5.74) is 7.42. The van der Waals surface area contributed by atoms with E-state index in [4.69, 9.17) is 21.8 Å². The molecule has 1 heterocycles. The molecule has 4 heteroatoms. The molecule has 1 aromatic carbocycles. The molecule has 2 N–H and O–H groups in total. The first-order chi connectivity index (χ1) is 7.20. The maximum Gasteiger partial charge on any atom is 0.212 e. The standard InChI is InChI=1S/C11H13ClN2O/c1-2-3-8(13)11-14-9-6-7(12)4-5-10(9)15-11/h4-6,8H,2-3,13H2,1H3. The first-order valence-corrected chi connectivity index (χ1v) is 5.40. The highest BCUT2D eigenvalue weighted by Gasteiger charge is 2.12. The van der Waals surface area contributed by atoms with E-state index in [1.165, 1.54) is 0 Å². The number of aromatic nitrogens is 1. The number of hydrogen-bond acceptors (Lipinski definition) is 3. The van der Waals surface area contributed by atoms with Gasteiger partial charge in [-0.15, -0.1) is 0 Å². The largest absolute Gasteiger partial charge is 0.439 e. The third-order valence-corrected chi connectivity index (χ3v) is 2.52. The fourth-order valence-electron chi connectivity index (χ4n) is 1.51. The van der Waals surface area contributed by atoms with Crippen molar-refractivity contribution in [1.29, 1.82) is 0 Å². The van der Waals surface area contributed by atoms with Gasteiger partial charge in [-0.1, -0.05) is 24.9 Å². The third kappa shape index (κ3) is 2.13. The van der Waals surface area contributed by atoms with Gasteiger partial charge in [0.2, 0.25) is 5.89 Å². The second kappa shape index (κ2) is 4.21. The maximum atomic E-state index is 5.92. The molecule has 0 radical (unpaired) electrons. The Morgan fingerprint density at radius 3 is 3.07 bits per heavy atom. The monoisotopic (exact) mass is 224 g/mol. The van der Waals surface area contributed by atoms with E-state index in [0.717, 1.165) is 23.9 Å². The lowest BCUT2D eigenvalue weighted by molar-refractivity contribution is 0.456. The SMILES string of the molecule is CCCC(N)c1nc2cc(Cl)ccc2o1. The zero-order valence-corrected chi connectivity index (χ0v) is 9.29. The van der Waals surface area contributed by atoms with Crippen LogP contribution in [-0.4, -0.2) is 4.98 Å². The molecule has 0 bridgehead atoms. The molecule has 1 unspecified atom stereocenters. The van der Waals surface area contributed by atoms with Crippen LogP contribution in [0.5, 0.6) is 0 Å². The normalized spacial score (nSPS) is 13.3. The molecule has 2 aromatic rings. The van der Waals surface area contributed by atoms with Crippen LogP contribution in [0.2, 0.25) is 5.02 Å². The number of oxazole rings is 1. The fraction of sp³-hybridized carbons (Fsp3) is 0.364. The molecule has 0 aliphatic heterocycles. The molecule has 15 heavy (non-hydrogen) atoms. The second-order valence-electron chi connectivity index (χ2n) is 3.56. The Hall–Kier alpha value is -1.06. The topological polar surface area (TPSA) is 52.0 Å². The van der Waals surface area contributed by atoms with Crippen LogP contribution < -0.4 is 5.73 Å². The van der Waals surface area contributed by atoms with Crippen molar-refractivity contribution in [2.45, 2.75) is 25.8 Å². The van der Waals surface area contributed by atoms with E-state index in [1.54, 1.807) is 12.1 Å². The van der Waals surface area contributed by atoms with Gasteiger partial charge in [0.1, 0.15) is 5.52 Å². The lowest BCUT2D eigenvalue weighted by atomic mass is 10.2. The number of halogens is 1. The summed E-state index contributed by atoms with van der Waals surface area (Å²) in [6.07, 6.45) is 1.89. The van der Waals surface area contributed by atoms with E-state index < -0.39 is 0 Å². The highest BCUT2D eigenvalue weighted by atomic mass is 35.5. The summed E-state index contributed by atoms with van der Waals surface area (Å²) in [5.74, 6) is 0.592. The molecule has 0 amide bonds. The zero-order chi connectivity index (χ0) is 10.8. The average Bonchev–Trinajstić information content (AvgIpc) is 2.60. The molecule has 0 saturated heterocycles. The summed E-state index contributed by atoms with van der Waals surface area (Å²) in [6, 6.07) is 5.25. The molecule has 0 fully saturated rings. The fourth-order valence-corrected chi connectivity index (χ4v) is 1.68. The van der Waals surface area contributed by atoms with Crippen molar-refractivity contribution in [3.05, 3.63) is 29.1 Å². The minimum absolute atomic E-state index is 0.124. The molecule has 0 saturated carbocycles. The summed E-state index contributed by atoms with van der Waals surface area (Å²) >= 11 is 5.86. The van der Waals surface area contributed by atoms with Crippen molar-refractivity contribution in [3.8, 4) is 0 Å². The van der Waals surface area contributed by atoms with E-state index in [-0.39, 0.29) is 6.04 Å².